The average Bonchev–Trinajstić information content (AvgIpc) is 3.20. The number of hydrogen-bond acceptors (Lipinski definition) is 5. The molecule has 0 radical (unpaired) electrons. The molecule has 0 aliphatic rings. The summed E-state index contributed by atoms with van der Waals surface area (Å²) in [6, 6.07) is 12.4. The highest BCUT2D eigenvalue weighted by molar-refractivity contribution is 9.10. The molecule has 7 nitrogen and oxygen atoms in total. The van der Waals surface area contributed by atoms with E-state index in [0.717, 1.165) is 15.7 Å². The van der Waals surface area contributed by atoms with Crippen LogP contribution in [0.4, 0.5) is 5.69 Å². The molecule has 3 N–H and O–H groups in total. The fraction of sp³-hybridized carbons (Fsp3) is 0.238. The first-order valence-electron chi connectivity index (χ1n) is 9.49. The summed E-state index contributed by atoms with van der Waals surface area (Å²) in [6.07, 6.45) is 0. The van der Waals surface area contributed by atoms with Crippen LogP contribution < -0.4 is 10.6 Å². The van der Waals surface area contributed by atoms with Gasteiger partial charge in [0.2, 0.25) is 11.1 Å². The molecule has 162 valence electrons. The quantitative estimate of drug-likeness (QED) is 0.361. The number of benzene rings is 2. The van der Waals surface area contributed by atoms with Gasteiger partial charge in [-0.1, -0.05) is 53.1 Å². The van der Waals surface area contributed by atoms with Gasteiger partial charge in [0.05, 0.1) is 12.3 Å². The van der Waals surface area contributed by atoms with Gasteiger partial charge in [-0.05, 0) is 53.9 Å². The van der Waals surface area contributed by atoms with Gasteiger partial charge >= 0.3 is 0 Å². The third kappa shape index (κ3) is 6.81. The zero-order chi connectivity index (χ0) is 22.4. The predicted octanol–water partition coefficient (Wildman–Crippen LogP) is 5.00. The van der Waals surface area contributed by atoms with Crippen molar-refractivity contribution in [1.82, 2.24) is 20.5 Å². The molecule has 0 unspecified atom stereocenters. The lowest BCUT2D eigenvalue weighted by molar-refractivity contribution is -0.113. The normalized spacial score (nSPS) is 10.9. The minimum absolute atomic E-state index is 0.142. The molecule has 0 spiro atoms. The molecule has 0 aliphatic carbocycles. The van der Waals surface area contributed by atoms with E-state index in [1.54, 1.807) is 24.3 Å². The van der Waals surface area contributed by atoms with E-state index < -0.39 is 0 Å². The van der Waals surface area contributed by atoms with E-state index in [1.807, 2.05) is 18.2 Å². The number of anilines is 1. The summed E-state index contributed by atoms with van der Waals surface area (Å²) in [7, 11) is 0. The summed E-state index contributed by atoms with van der Waals surface area (Å²) in [4.78, 5) is 28.8. The van der Waals surface area contributed by atoms with Gasteiger partial charge in [0.1, 0.15) is 5.82 Å². The summed E-state index contributed by atoms with van der Waals surface area (Å²) in [5.41, 5.74) is 2.36. The largest absolute Gasteiger partial charge is 0.345 e. The van der Waals surface area contributed by atoms with Gasteiger partial charge in [0.15, 0.2) is 0 Å². The highest BCUT2D eigenvalue weighted by Crippen LogP contribution is 2.28. The Labute approximate surface area is 197 Å². The van der Waals surface area contributed by atoms with Gasteiger partial charge in [-0.2, -0.15) is 0 Å². The molecule has 3 rings (SSSR count). The molecule has 1 aromatic heterocycles. The predicted molar refractivity (Wildman–Crippen MR) is 127 cm³/mol. The van der Waals surface area contributed by atoms with Gasteiger partial charge in [0.25, 0.3) is 5.91 Å². The fourth-order valence-corrected chi connectivity index (χ4v) is 3.85. The third-order valence-corrected chi connectivity index (χ3v) is 5.87. The number of aromatic nitrogens is 3. The first kappa shape index (κ1) is 23.3. The van der Waals surface area contributed by atoms with Crippen molar-refractivity contribution in [2.45, 2.75) is 31.5 Å². The molecule has 2 aromatic carbocycles. The van der Waals surface area contributed by atoms with Crippen LogP contribution >= 0.6 is 39.3 Å². The van der Waals surface area contributed by atoms with Gasteiger partial charge in [-0.15, -0.1) is 5.10 Å². The summed E-state index contributed by atoms with van der Waals surface area (Å²) < 4.78 is 0.972. The van der Waals surface area contributed by atoms with Crippen molar-refractivity contribution in [2.24, 2.45) is 0 Å². The van der Waals surface area contributed by atoms with E-state index in [-0.39, 0.29) is 30.0 Å². The highest BCUT2D eigenvalue weighted by atomic mass is 79.9. The Balaban J connectivity index is 1.49. The van der Waals surface area contributed by atoms with Crippen molar-refractivity contribution in [2.75, 3.05) is 11.1 Å². The van der Waals surface area contributed by atoms with Crippen molar-refractivity contribution in [3.8, 4) is 0 Å². The topological polar surface area (TPSA) is 99.8 Å². The first-order chi connectivity index (χ1) is 14.8. The smallest absolute Gasteiger partial charge is 0.251 e. The van der Waals surface area contributed by atoms with Gasteiger partial charge in [0, 0.05) is 20.7 Å². The molecular formula is C21H21BrClN5O2S. The second-order valence-electron chi connectivity index (χ2n) is 6.98. The Morgan fingerprint density at radius 1 is 1.19 bits per heavy atom. The van der Waals surface area contributed by atoms with Crippen LogP contribution in [0.2, 0.25) is 5.02 Å². The summed E-state index contributed by atoms with van der Waals surface area (Å²) in [6.45, 7) is 4.35. The van der Waals surface area contributed by atoms with E-state index in [0.29, 0.717) is 21.6 Å². The number of rotatable bonds is 8. The summed E-state index contributed by atoms with van der Waals surface area (Å²) >= 11 is 10.5. The number of amides is 2. The number of nitrogens with one attached hydrogen (secondary N) is 3. The van der Waals surface area contributed by atoms with E-state index >= 15 is 0 Å². The number of nitrogens with zero attached hydrogens (tertiary/aromatic N) is 2. The number of thioether (sulfide) groups is 1. The summed E-state index contributed by atoms with van der Waals surface area (Å²) in [5.74, 6) is 0.565. The van der Waals surface area contributed by atoms with Crippen molar-refractivity contribution in [1.29, 1.82) is 0 Å². The third-order valence-electron chi connectivity index (χ3n) is 4.28. The highest BCUT2D eigenvalue weighted by Gasteiger charge is 2.13. The van der Waals surface area contributed by atoms with E-state index in [9.17, 15) is 9.59 Å². The van der Waals surface area contributed by atoms with Crippen LogP contribution in [0.15, 0.2) is 52.1 Å². The average molecular weight is 523 g/mol. The number of H-pyrrole nitrogens is 1. The number of carbonyl (C=O) groups is 2. The molecule has 0 saturated heterocycles. The number of halogens is 2. The van der Waals surface area contributed by atoms with Crippen LogP contribution in [-0.4, -0.2) is 32.7 Å². The maximum absolute atomic E-state index is 12.4. The molecule has 3 aromatic rings. The zero-order valence-corrected chi connectivity index (χ0v) is 20.1. The molecule has 0 bridgehead atoms. The monoisotopic (exact) mass is 521 g/mol. The fourth-order valence-electron chi connectivity index (χ4n) is 2.73. The SMILES string of the molecule is CC(C)c1cc(Br)ccc1NC(=O)CSc1n[nH]c(CNC(=O)c2ccc(Cl)cc2)n1. The lowest BCUT2D eigenvalue weighted by Crippen LogP contribution is -2.23. The van der Waals surface area contributed by atoms with Crippen LogP contribution in [0.1, 0.15) is 41.5 Å². The standard InChI is InChI=1S/C21H21BrClN5O2S/c1-12(2)16-9-14(22)5-8-17(16)25-19(29)11-31-21-26-18(27-28-21)10-24-20(30)13-3-6-15(23)7-4-13/h3-9,12H,10-11H2,1-2H3,(H,24,30)(H,25,29)(H,26,27,28). The van der Waals surface area contributed by atoms with Gasteiger partial charge in [-0.3, -0.25) is 14.7 Å². The van der Waals surface area contributed by atoms with Crippen LogP contribution in [0, 0.1) is 0 Å². The maximum atomic E-state index is 12.4. The van der Waals surface area contributed by atoms with Crippen LogP contribution in [0.25, 0.3) is 0 Å². The lowest BCUT2D eigenvalue weighted by Gasteiger charge is -2.14. The van der Waals surface area contributed by atoms with Crippen molar-refractivity contribution >= 4 is 56.8 Å². The minimum atomic E-state index is -0.239. The Bertz CT molecular complexity index is 1070. The molecule has 0 aliphatic heterocycles. The van der Waals surface area contributed by atoms with Crippen molar-refractivity contribution in [3.63, 3.8) is 0 Å². The maximum Gasteiger partial charge on any atom is 0.251 e. The molecule has 0 atom stereocenters. The van der Waals surface area contributed by atoms with Gasteiger partial charge in [-0.25, -0.2) is 4.98 Å². The van der Waals surface area contributed by atoms with E-state index in [1.165, 1.54) is 11.8 Å². The molecule has 2 amide bonds. The second kappa shape index (κ2) is 10.8. The van der Waals surface area contributed by atoms with Gasteiger partial charge < -0.3 is 10.6 Å². The Morgan fingerprint density at radius 3 is 2.65 bits per heavy atom. The number of carbonyl (C=O) groups excluding carboxylic acids is 2. The summed E-state index contributed by atoms with van der Waals surface area (Å²) in [5, 5.41) is 13.6. The van der Waals surface area contributed by atoms with E-state index in [2.05, 4.69) is 55.6 Å². The molecular weight excluding hydrogens is 502 g/mol. The lowest BCUT2D eigenvalue weighted by atomic mass is 10.0. The molecule has 31 heavy (non-hydrogen) atoms. The van der Waals surface area contributed by atoms with Crippen LogP contribution in [-0.2, 0) is 11.3 Å². The molecule has 0 fully saturated rings. The van der Waals surface area contributed by atoms with Crippen LogP contribution in [0.5, 0.6) is 0 Å². The zero-order valence-electron chi connectivity index (χ0n) is 16.9. The van der Waals surface area contributed by atoms with Crippen molar-refractivity contribution < 1.29 is 9.59 Å². The number of aromatic amines is 1. The Kier molecular flexibility index (Phi) is 8.11. The van der Waals surface area contributed by atoms with E-state index in [4.69, 9.17) is 11.6 Å². The van der Waals surface area contributed by atoms with Crippen LogP contribution in [0.3, 0.4) is 0 Å². The molecule has 0 saturated carbocycles. The minimum Gasteiger partial charge on any atom is -0.345 e. The Morgan fingerprint density at radius 2 is 1.94 bits per heavy atom. The first-order valence-corrected chi connectivity index (χ1v) is 11.6. The second-order valence-corrected chi connectivity index (χ2v) is 9.27. The van der Waals surface area contributed by atoms with Crippen molar-refractivity contribution in [3.05, 3.63) is 68.9 Å². The molecule has 1 heterocycles. The molecule has 10 heteroatoms. The Hall–Kier alpha value is -2.36. The number of hydrogen-bond donors (Lipinski definition) is 3.